The number of amides is 1. The number of aryl methyl sites for hydroxylation is 1. The van der Waals surface area contributed by atoms with E-state index in [0.717, 1.165) is 5.56 Å². The van der Waals surface area contributed by atoms with Crippen molar-refractivity contribution in [3.05, 3.63) is 81.6 Å². The molecule has 0 aliphatic heterocycles. The van der Waals surface area contributed by atoms with Crippen LogP contribution in [-0.2, 0) is 4.79 Å². The molecule has 0 fully saturated rings. The molecule has 2 aromatic heterocycles. The Morgan fingerprint density at radius 2 is 1.94 bits per heavy atom. The second-order valence-corrected chi connectivity index (χ2v) is 8.67. The summed E-state index contributed by atoms with van der Waals surface area (Å²) in [5, 5.41) is 11.5. The van der Waals surface area contributed by atoms with Gasteiger partial charge in [0.1, 0.15) is 5.82 Å². The van der Waals surface area contributed by atoms with Crippen LogP contribution in [0.4, 0.5) is 10.1 Å². The number of benzene rings is 2. The van der Waals surface area contributed by atoms with Crippen molar-refractivity contribution in [1.82, 2.24) is 19.2 Å². The number of hydrogen-bond acceptors (Lipinski definition) is 5. The molecule has 1 amide bonds. The van der Waals surface area contributed by atoms with Crippen LogP contribution in [0.25, 0.3) is 11.3 Å². The molecule has 0 unspecified atom stereocenters. The molecule has 0 aliphatic rings. The quantitative estimate of drug-likeness (QED) is 0.419. The fourth-order valence-corrected chi connectivity index (χ4v) is 4.21. The van der Waals surface area contributed by atoms with Crippen molar-refractivity contribution < 1.29 is 9.18 Å². The molecule has 4 rings (SSSR count). The number of nitrogens with one attached hydrogen (secondary N) is 1. The van der Waals surface area contributed by atoms with Crippen molar-refractivity contribution >= 4 is 40.6 Å². The molecule has 0 spiro atoms. The summed E-state index contributed by atoms with van der Waals surface area (Å²) in [6.45, 7) is 3.78. The third-order valence-corrected chi connectivity index (χ3v) is 6.62. The van der Waals surface area contributed by atoms with Gasteiger partial charge in [-0.3, -0.25) is 18.6 Å². The van der Waals surface area contributed by atoms with E-state index in [-0.39, 0.29) is 17.4 Å². The molecule has 32 heavy (non-hydrogen) atoms. The Bertz CT molecular complexity index is 1350. The van der Waals surface area contributed by atoms with E-state index < -0.39 is 10.8 Å². The highest BCUT2D eigenvalue weighted by atomic mass is 35.5. The fraction of sp³-hybridized carbons (Fsp3) is 0.182. The van der Waals surface area contributed by atoms with Crippen LogP contribution in [0.15, 0.2) is 64.8 Å². The first-order valence-electron chi connectivity index (χ1n) is 9.83. The largest absolute Gasteiger partial charge is 0.325 e. The number of fused-ring (bicyclic) bond motifs is 1. The minimum atomic E-state index is -0.456. The summed E-state index contributed by atoms with van der Waals surface area (Å²) in [7, 11) is 0. The molecular weight excluding hydrogens is 453 g/mol. The average Bonchev–Trinajstić information content (AvgIpc) is 3.19. The molecular formula is C22H19ClFN5O2S. The highest BCUT2D eigenvalue weighted by Gasteiger charge is 2.22. The van der Waals surface area contributed by atoms with Gasteiger partial charge in [0.15, 0.2) is 5.16 Å². The standard InChI is InChI=1S/C22H19ClFN5O2S/c1-3-18(20(30)25-15-7-4-13(2)17(23)12-15)32-22-27-26-19-21(31)28(10-11-29(19)22)16-8-5-14(24)6-9-16/h4-12,18H,3H2,1-2H3,(H,25,30)/t18-/m1/s1. The Labute approximate surface area is 192 Å². The first kappa shape index (κ1) is 22.0. The Morgan fingerprint density at radius 1 is 1.19 bits per heavy atom. The normalized spacial score (nSPS) is 12.1. The molecule has 1 atom stereocenters. The van der Waals surface area contributed by atoms with Crippen molar-refractivity contribution in [1.29, 1.82) is 0 Å². The van der Waals surface area contributed by atoms with Gasteiger partial charge >= 0.3 is 5.56 Å². The predicted octanol–water partition coefficient (Wildman–Crippen LogP) is 4.49. The highest BCUT2D eigenvalue weighted by molar-refractivity contribution is 8.00. The van der Waals surface area contributed by atoms with Crippen LogP contribution in [0.5, 0.6) is 0 Å². The van der Waals surface area contributed by atoms with E-state index in [4.69, 9.17) is 11.6 Å². The van der Waals surface area contributed by atoms with Crippen molar-refractivity contribution in [3.8, 4) is 5.69 Å². The van der Waals surface area contributed by atoms with Crippen molar-refractivity contribution in [2.24, 2.45) is 0 Å². The average molecular weight is 472 g/mol. The molecule has 0 aliphatic carbocycles. The Hall–Kier alpha value is -3.17. The summed E-state index contributed by atoms with van der Waals surface area (Å²) < 4.78 is 16.1. The van der Waals surface area contributed by atoms with Gasteiger partial charge in [-0.25, -0.2) is 4.39 Å². The van der Waals surface area contributed by atoms with Crippen molar-refractivity contribution in [3.63, 3.8) is 0 Å². The zero-order chi connectivity index (χ0) is 22.8. The van der Waals surface area contributed by atoms with E-state index in [2.05, 4.69) is 15.5 Å². The third kappa shape index (κ3) is 4.39. The summed E-state index contributed by atoms with van der Waals surface area (Å²) in [6, 6.07) is 10.9. The van der Waals surface area contributed by atoms with Gasteiger partial charge in [0.25, 0.3) is 0 Å². The number of thioether (sulfide) groups is 1. The second-order valence-electron chi connectivity index (χ2n) is 7.09. The van der Waals surface area contributed by atoms with Gasteiger partial charge < -0.3 is 5.32 Å². The number of halogens is 2. The van der Waals surface area contributed by atoms with Crippen LogP contribution < -0.4 is 10.9 Å². The van der Waals surface area contributed by atoms with Crippen LogP contribution in [0.1, 0.15) is 18.9 Å². The maximum Gasteiger partial charge on any atom is 0.300 e. The molecule has 10 heteroatoms. The molecule has 0 radical (unpaired) electrons. The number of anilines is 1. The van der Waals surface area contributed by atoms with Gasteiger partial charge in [0.2, 0.25) is 11.6 Å². The van der Waals surface area contributed by atoms with E-state index in [1.54, 1.807) is 28.9 Å². The number of carbonyl (C=O) groups is 1. The van der Waals surface area contributed by atoms with Crippen LogP contribution in [0.2, 0.25) is 5.02 Å². The molecule has 0 saturated heterocycles. The Balaban J connectivity index is 1.58. The monoisotopic (exact) mass is 471 g/mol. The molecule has 0 bridgehead atoms. The maximum absolute atomic E-state index is 13.2. The van der Waals surface area contributed by atoms with Gasteiger partial charge in [0.05, 0.1) is 5.25 Å². The van der Waals surface area contributed by atoms with Crippen LogP contribution in [-0.4, -0.2) is 30.3 Å². The van der Waals surface area contributed by atoms with E-state index in [9.17, 15) is 14.0 Å². The lowest BCUT2D eigenvalue weighted by Crippen LogP contribution is -2.25. The number of aromatic nitrogens is 4. The lowest BCUT2D eigenvalue weighted by molar-refractivity contribution is -0.115. The van der Waals surface area contributed by atoms with Crippen LogP contribution >= 0.6 is 23.4 Å². The minimum Gasteiger partial charge on any atom is -0.325 e. The number of nitrogens with zero attached hydrogens (tertiary/aromatic N) is 4. The number of rotatable bonds is 6. The first-order chi connectivity index (χ1) is 15.4. The lowest BCUT2D eigenvalue weighted by atomic mass is 10.2. The third-order valence-electron chi connectivity index (χ3n) is 4.89. The molecule has 4 aromatic rings. The van der Waals surface area contributed by atoms with Crippen LogP contribution in [0, 0.1) is 12.7 Å². The SMILES string of the molecule is CC[C@@H](Sc1nnc2c(=O)n(-c3ccc(F)cc3)ccn12)C(=O)Nc1ccc(C)c(Cl)c1. The second kappa shape index (κ2) is 9.13. The smallest absolute Gasteiger partial charge is 0.300 e. The summed E-state index contributed by atoms with van der Waals surface area (Å²) in [5.74, 6) is -0.588. The molecule has 2 heterocycles. The summed E-state index contributed by atoms with van der Waals surface area (Å²) in [6.07, 6.45) is 3.75. The number of carbonyl (C=O) groups excluding carboxylic acids is 1. The molecule has 2 aromatic carbocycles. The fourth-order valence-electron chi connectivity index (χ4n) is 3.09. The minimum absolute atomic E-state index is 0.111. The Kier molecular flexibility index (Phi) is 6.29. The lowest BCUT2D eigenvalue weighted by Gasteiger charge is -2.14. The van der Waals surface area contributed by atoms with Crippen molar-refractivity contribution in [2.45, 2.75) is 30.7 Å². The van der Waals surface area contributed by atoms with Gasteiger partial charge in [-0.05, 0) is 55.3 Å². The number of hydrogen-bond donors (Lipinski definition) is 1. The van der Waals surface area contributed by atoms with E-state index in [0.29, 0.717) is 28.0 Å². The van der Waals surface area contributed by atoms with Gasteiger partial charge in [0, 0.05) is 28.8 Å². The van der Waals surface area contributed by atoms with Gasteiger partial charge in [-0.15, -0.1) is 10.2 Å². The van der Waals surface area contributed by atoms with E-state index in [1.807, 2.05) is 19.9 Å². The predicted molar refractivity (Wildman–Crippen MR) is 123 cm³/mol. The summed E-state index contributed by atoms with van der Waals surface area (Å²) >= 11 is 7.36. The molecule has 0 saturated carbocycles. The van der Waals surface area contributed by atoms with E-state index >= 15 is 0 Å². The highest BCUT2D eigenvalue weighted by Crippen LogP contribution is 2.26. The van der Waals surface area contributed by atoms with Gasteiger partial charge in [-0.1, -0.05) is 36.4 Å². The molecule has 7 nitrogen and oxygen atoms in total. The van der Waals surface area contributed by atoms with E-state index in [1.165, 1.54) is 40.6 Å². The van der Waals surface area contributed by atoms with Crippen molar-refractivity contribution in [2.75, 3.05) is 5.32 Å². The zero-order valence-electron chi connectivity index (χ0n) is 17.3. The van der Waals surface area contributed by atoms with Gasteiger partial charge in [-0.2, -0.15) is 0 Å². The Morgan fingerprint density at radius 3 is 2.62 bits per heavy atom. The molecule has 1 N–H and O–H groups in total. The van der Waals surface area contributed by atoms with Crippen LogP contribution in [0.3, 0.4) is 0 Å². The molecule has 164 valence electrons. The summed E-state index contributed by atoms with van der Waals surface area (Å²) in [4.78, 5) is 25.7. The first-order valence-corrected chi connectivity index (χ1v) is 11.1. The zero-order valence-corrected chi connectivity index (χ0v) is 18.8. The summed E-state index contributed by atoms with van der Waals surface area (Å²) in [5.41, 5.74) is 1.76. The topological polar surface area (TPSA) is 81.3 Å². The maximum atomic E-state index is 13.2.